The molecule has 0 amide bonds. The minimum atomic E-state index is 0.148. The van der Waals surface area contributed by atoms with Gasteiger partial charge in [0.15, 0.2) is 11.8 Å². The van der Waals surface area contributed by atoms with Gasteiger partial charge in [0.25, 0.3) is 0 Å². The normalized spacial score (nSPS) is 18.9. The second-order valence-electron chi connectivity index (χ2n) is 8.05. The Hall–Kier alpha value is -3.12. The fourth-order valence-corrected chi connectivity index (χ4v) is 4.13. The van der Waals surface area contributed by atoms with Gasteiger partial charge < -0.3 is 16.8 Å². The number of aliphatic imine (C=N–C) groups is 1. The molecule has 1 heterocycles. The molecular weight excluding hydrogens is 408 g/mol. The van der Waals surface area contributed by atoms with Crippen LogP contribution < -0.4 is 16.8 Å². The molecule has 1 aromatic heterocycles. The van der Waals surface area contributed by atoms with Gasteiger partial charge in [0.05, 0.1) is 11.6 Å². The Morgan fingerprint density at radius 3 is 2.68 bits per heavy atom. The summed E-state index contributed by atoms with van der Waals surface area (Å²) in [7, 11) is 0. The van der Waals surface area contributed by atoms with Crippen LogP contribution in [0, 0.1) is 6.92 Å². The lowest BCUT2D eigenvalue weighted by molar-refractivity contribution is 0.410. The van der Waals surface area contributed by atoms with Gasteiger partial charge >= 0.3 is 0 Å². The maximum Gasteiger partial charge on any atom is 0.186 e. The Morgan fingerprint density at radius 2 is 1.90 bits per heavy atom. The summed E-state index contributed by atoms with van der Waals surface area (Å²) in [5, 5.41) is 5.38. The molecule has 0 bridgehead atoms. The molecule has 2 aromatic carbocycles. The fourth-order valence-electron chi connectivity index (χ4n) is 4.01. The summed E-state index contributed by atoms with van der Waals surface area (Å²) >= 11 is 5.98. The van der Waals surface area contributed by atoms with Crippen LogP contribution in [-0.4, -0.2) is 28.0 Å². The molecule has 2 atom stereocenters. The van der Waals surface area contributed by atoms with Gasteiger partial charge in [0.1, 0.15) is 5.82 Å². The Kier molecular flexibility index (Phi) is 6.37. The van der Waals surface area contributed by atoms with Crippen molar-refractivity contribution >= 4 is 46.4 Å². The third-order valence-electron chi connectivity index (χ3n) is 5.48. The number of nitrogens with zero attached hydrogens (tertiary/aromatic N) is 3. The number of nitrogens with two attached hydrogens (primary N) is 2. The van der Waals surface area contributed by atoms with Crippen molar-refractivity contribution in [2.75, 3.05) is 5.32 Å². The van der Waals surface area contributed by atoms with Gasteiger partial charge in [-0.2, -0.15) is 0 Å². The minimum absolute atomic E-state index is 0.148. The predicted octanol–water partition coefficient (Wildman–Crippen LogP) is 4.76. The van der Waals surface area contributed by atoms with Crippen LogP contribution in [0.3, 0.4) is 0 Å². The number of aryl methyl sites for hydroxylation is 1. The zero-order chi connectivity index (χ0) is 21.8. The number of rotatable bonds is 5. The first-order chi connectivity index (χ1) is 15.0. The number of hydrogen-bond acceptors (Lipinski definition) is 4. The van der Waals surface area contributed by atoms with Crippen molar-refractivity contribution in [3.8, 4) is 0 Å². The van der Waals surface area contributed by atoms with Gasteiger partial charge in [-0.3, -0.25) is 4.99 Å². The summed E-state index contributed by atoms with van der Waals surface area (Å²) in [5.74, 6) is 1.66. The van der Waals surface area contributed by atoms with Crippen LogP contribution in [0.1, 0.15) is 42.6 Å². The maximum absolute atomic E-state index is 5.98. The third-order valence-corrected chi connectivity index (χ3v) is 5.73. The third kappa shape index (κ3) is 5.52. The zero-order valence-electron chi connectivity index (χ0n) is 17.6. The van der Waals surface area contributed by atoms with E-state index in [4.69, 9.17) is 33.0 Å². The number of guanidine groups is 1. The van der Waals surface area contributed by atoms with Crippen LogP contribution in [0.4, 0.5) is 5.82 Å². The first kappa shape index (κ1) is 21.1. The van der Waals surface area contributed by atoms with Gasteiger partial charge in [0.2, 0.25) is 0 Å². The topological polar surface area (TPSA) is 102 Å². The van der Waals surface area contributed by atoms with Crippen molar-refractivity contribution < 1.29 is 0 Å². The molecule has 160 valence electrons. The minimum Gasteiger partial charge on any atom is -0.370 e. The van der Waals surface area contributed by atoms with Gasteiger partial charge in [-0.1, -0.05) is 41.4 Å². The van der Waals surface area contributed by atoms with Crippen molar-refractivity contribution in [2.24, 2.45) is 16.5 Å². The molecule has 1 aliphatic rings. The Balaban J connectivity index is 1.63. The summed E-state index contributed by atoms with van der Waals surface area (Å²) in [5.41, 5.74) is 14.3. The predicted molar refractivity (Wildman–Crippen MR) is 130 cm³/mol. The van der Waals surface area contributed by atoms with Crippen molar-refractivity contribution in [3.05, 3.63) is 64.4 Å². The highest BCUT2D eigenvalue weighted by atomic mass is 35.5. The van der Waals surface area contributed by atoms with Crippen LogP contribution in [-0.2, 0) is 0 Å². The fraction of sp³-hybridized carbons (Fsp3) is 0.292. The highest BCUT2D eigenvalue weighted by molar-refractivity contribution is 6.30. The standard InChI is InChI=1S/C24H27ClN6/c1-15-5-11-21-20(13-15)23(28-18-3-2-4-19(14-18)29-24(26)27)31-22(30-21)12-8-16-6-9-17(25)10-7-16/h5-13,18-19H,2-4,14H2,1H3,(H4,26,27,29)(H,28,30,31)/b12-8-. The molecule has 1 aliphatic carbocycles. The van der Waals surface area contributed by atoms with Crippen molar-refractivity contribution in [1.82, 2.24) is 9.97 Å². The van der Waals surface area contributed by atoms with Crippen LogP contribution in [0.2, 0.25) is 5.02 Å². The summed E-state index contributed by atoms with van der Waals surface area (Å²) in [6.45, 7) is 2.08. The van der Waals surface area contributed by atoms with Crippen LogP contribution in [0.5, 0.6) is 0 Å². The second-order valence-corrected chi connectivity index (χ2v) is 8.49. The smallest absolute Gasteiger partial charge is 0.186 e. The number of hydrogen-bond donors (Lipinski definition) is 3. The van der Waals surface area contributed by atoms with E-state index in [2.05, 4.69) is 29.4 Å². The van der Waals surface area contributed by atoms with E-state index in [0.29, 0.717) is 10.8 Å². The molecule has 6 nitrogen and oxygen atoms in total. The van der Waals surface area contributed by atoms with Gasteiger partial charge in [-0.25, -0.2) is 9.97 Å². The number of fused-ring (bicyclic) bond motifs is 1. The highest BCUT2D eigenvalue weighted by Gasteiger charge is 2.22. The van der Waals surface area contributed by atoms with E-state index in [1.165, 1.54) is 5.56 Å². The lowest BCUT2D eigenvalue weighted by Crippen LogP contribution is -2.32. The quantitative estimate of drug-likeness (QED) is 0.397. The molecule has 1 saturated carbocycles. The lowest BCUT2D eigenvalue weighted by atomic mass is 9.91. The average molecular weight is 435 g/mol. The lowest BCUT2D eigenvalue weighted by Gasteiger charge is -2.28. The number of benzene rings is 2. The van der Waals surface area contributed by atoms with E-state index < -0.39 is 0 Å². The number of anilines is 1. The van der Waals surface area contributed by atoms with E-state index in [1.807, 2.05) is 42.5 Å². The van der Waals surface area contributed by atoms with Gasteiger partial charge in [-0.15, -0.1) is 0 Å². The van der Waals surface area contributed by atoms with Crippen molar-refractivity contribution in [2.45, 2.75) is 44.7 Å². The van der Waals surface area contributed by atoms with E-state index in [0.717, 1.165) is 48.0 Å². The number of aromatic nitrogens is 2. The Labute approximate surface area is 187 Å². The molecule has 5 N–H and O–H groups in total. The Bertz CT molecular complexity index is 1120. The zero-order valence-corrected chi connectivity index (χ0v) is 18.3. The van der Waals surface area contributed by atoms with E-state index in [-0.39, 0.29) is 18.0 Å². The maximum atomic E-state index is 5.98. The molecule has 0 saturated heterocycles. The van der Waals surface area contributed by atoms with E-state index >= 15 is 0 Å². The number of nitrogens with one attached hydrogen (secondary N) is 1. The van der Waals surface area contributed by atoms with Gasteiger partial charge in [-0.05, 0) is 68.5 Å². The largest absolute Gasteiger partial charge is 0.370 e. The monoisotopic (exact) mass is 434 g/mol. The first-order valence-corrected chi connectivity index (χ1v) is 10.9. The van der Waals surface area contributed by atoms with Crippen molar-refractivity contribution in [3.63, 3.8) is 0 Å². The van der Waals surface area contributed by atoms with Crippen LogP contribution in [0.15, 0.2) is 47.5 Å². The van der Waals surface area contributed by atoms with E-state index in [1.54, 1.807) is 0 Å². The molecule has 1 fully saturated rings. The SMILES string of the molecule is Cc1ccc2nc(/C=C\c3ccc(Cl)cc3)nc(NC3CCCC(N=C(N)N)C3)c2c1. The van der Waals surface area contributed by atoms with Crippen molar-refractivity contribution in [1.29, 1.82) is 0 Å². The molecule has 31 heavy (non-hydrogen) atoms. The van der Waals surface area contributed by atoms with Crippen LogP contribution >= 0.6 is 11.6 Å². The number of halogens is 1. The molecule has 3 aromatic rings. The molecule has 0 radical (unpaired) electrons. The van der Waals surface area contributed by atoms with Crippen LogP contribution in [0.25, 0.3) is 23.1 Å². The summed E-state index contributed by atoms with van der Waals surface area (Å²) in [6.07, 6.45) is 7.94. The average Bonchev–Trinajstić information content (AvgIpc) is 2.73. The summed E-state index contributed by atoms with van der Waals surface area (Å²) in [4.78, 5) is 13.9. The molecule has 2 unspecified atom stereocenters. The molecule has 0 spiro atoms. The highest BCUT2D eigenvalue weighted by Crippen LogP contribution is 2.28. The summed E-state index contributed by atoms with van der Waals surface area (Å²) < 4.78 is 0. The molecule has 0 aliphatic heterocycles. The van der Waals surface area contributed by atoms with E-state index in [9.17, 15) is 0 Å². The summed E-state index contributed by atoms with van der Waals surface area (Å²) in [6, 6.07) is 14.3. The molecule has 7 heteroatoms. The molecular formula is C24H27ClN6. The first-order valence-electron chi connectivity index (χ1n) is 10.5. The molecule has 4 rings (SSSR count). The second kappa shape index (κ2) is 9.35. The Morgan fingerprint density at radius 1 is 1.10 bits per heavy atom. The van der Waals surface area contributed by atoms with Gasteiger partial charge in [0, 0.05) is 16.5 Å².